The van der Waals surface area contributed by atoms with Gasteiger partial charge in [0.2, 0.25) is 0 Å². The molecule has 0 aliphatic carbocycles. The molecule has 0 bridgehead atoms. The Bertz CT molecular complexity index is 76.1. The van der Waals surface area contributed by atoms with Gasteiger partial charge >= 0.3 is 5.97 Å². The van der Waals surface area contributed by atoms with Crippen molar-refractivity contribution in [3.8, 4) is 0 Å². The number of methoxy groups -OCH3 is 1. The van der Waals surface area contributed by atoms with Crippen molar-refractivity contribution in [2.45, 2.75) is 0 Å². The minimum atomic E-state index is -0.366. The van der Waals surface area contributed by atoms with Crippen molar-refractivity contribution in [1.82, 2.24) is 0 Å². The largest absolute Gasteiger partial charge is 0.469 e. The van der Waals surface area contributed by atoms with E-state index in [0.29, 0.717) is 0 Å². The van der Waals surface area contributed by atoms with E-state index in [1.807, 2.05) is 0 Å². The van der Waals surface area contributed by atoms with Crippen LogP contribution < -0.4 is 0 Å². The first-order valence-corrected chi connectivity index (χ1v) is 1.85. The molecule has 7 heavy (non-hydrogen) atoms. The summed E-state index contributed by atoms with van der Waals surface area (Å²) in [5.74, 6) is -0.366. The zero-order valence-corrected chi connectivity index (χ0v) is 4.18. The van der Waals surface area contributed by atoms with E-state index in [2.05, 4.69) is 11.3 Å². The Labute approximate surface area is 42.8 Å². The Morgan fingerprint density at radius 2 is 2.43 bits per heavy atom. The van der Waals surface area contributed by atoms with Gasteiger partial charge in [0.25, 0.3) is 0 Å². The summed E-state index contributed by atoms with van der Waals surface area (Å²) in [5.41, 5.74) is 0. The summed E-state index contributed by atoms with van der Waals surface area (Å²) in [6.07, 6.45) is 2.63. The van der Waals surface area contributed by atoms with Crippen LogP contribution in [0.4, 0.5) is 0 Å². The average molecular weight is 100 g/mol. The van der Waals surface area contributed by atoms with E-state index in [1.165, 1.54) is 19.6 Å². The third-order valence-corrected chi connectivity index (χ3v) is 0.455. The van der Waals surface area contributed by atoms with Crippen LogP contribution in [-0.4, -0.2) is 13.1 Å². The van der Waals surface area contributed by atoms with E-state index in [0.717, 1.165) is 0 Å². The van der Waals surface area contributed by atoms with Crippen LogP contribution >= 0.6 is 0 Å². The number of carbonyl (C=O) groups is 1. The zero-order valence-electron chi connectivity index (χ0n) is 4.18. The summed E-state index contributed by atoms with van der Waals surface area (Å²) in [4.78, 5) is 10.1. The van der Waals surface area contributed by atoms with Gasteiger partial charge in [-0.2, -0.15) is 0 Å². The van der Waals surface area contributed by atoms with Crippen LogP contribution in [0.15, 0.2) is 12.7 Å². The Kier molecular flexibility index (Phi) is 3.02. The molecule has 0 fully saturated rings. The molecule has 0 rings (SSSR count). The second kappa shape index (κ2) is 3.40. The molecule has 0 unspecified atom stereocenters. The van der Waals surface area contributed by atoms with Crippen LogP contribution in [0.3, 0.4) is 0 Å². The quantitative estimate of drug-likeness (QED) is 0.374. The monoisotopic (exact) mass is 100 g/mol. The summed E-state index contributed by atoms with van der Waals surface area (Å²) >= 11 is 0. The van der Waals surface area contributed by atoms with Crippen molar-refractivity contribution in [1.29, 1.82) is 0 Å². The molecule has 39 valence electrons. The van der Waals surface area contributed by atoms with Gasteiger partial charge in [0.1, 0.15) is 0 Å². The number of carbonyl (C=O) groups excluding carboxylic acids is 1. The minimum absolute atomic E-state index is 0.366. The molecule has 0 amide bonds. The molecule has 0 aromatic heterocycles. The molecule has 0 saturated heterocycles. The molecule has 0 aromatic rings. The number of rotatable bonds is 2. The molecule has 0 spiro atoms. The Hall–Kier alpha value is -0.790. The van der Waals surface area contributed by atoms with E-state index in [9.17, 15) is 4.79 Å². The Morgan fingerprint density at radius 1 is 1.86 bits per heavy atom. The smallest absolute Gasteiger partial charge is 0.313 e. The van der Waals surface area contributed by atoms with E-state index in [4.69, 9.17) is 0 Å². The van der Waals surface area contributed by atoms with Crippen molar-refractivity contribution < 1.29 is 9.53 Å². The first kappa shape index (κ1) is 6.21. The normalized spacial score (nSPS) is 7.57. The maximum atomic E-state index is 10.1. The molecular formula is C5H7O2. The van der Waals surface area contributed by atoms with Gasteiger partial charge in [-0.25, -0.2) is 0 Å². The number of esters is 1. The van der Waals surface area contributed by atoms with Gasteiger partial charge < -0.3 is 4.74 Å². The van der Waals surface area contributed by atoms with Gasteiger partial charge in [-0.3, -0.25) is 4.79 Å². The number of ether oxygens (including phenoxy) is 1. The number of hydrogen-bond acceptors (Lipinski definition) is 2. The summed E-state index contributed by atoms with van der Waals surface area (Å²) in [7, 11) is 1.32. The molecule has 0 heterocycles. The van der Waals surface area contributed by atoms with Gasteiger partial charge in [-0.05, 0) is 0 Å². The summed E-state index contributed by atoms with van der Waals surface area (Å²) in [5, 5.41) is 0. The molecule has 2 nitrogen and oxygen atoms in total. The topological polar surface area (TPSA) is 26.3 Å². The molecule has 0 aliphatic rings. The summed E-state index contributed by atoms with van der Waals surface area (Å²) in [6.45, 7) is 3.29. The maximum absolute atomic E-state index is 10.1. The fourth-order valence-electron chi connectivity index (χ4n) is 0.164. The Balaban J connectivity index is 3.17. The highest BCUT2D eigenvalue weighted by Crippen LogP contribution is 1.79. The lowest BCUT2D eigenvalue weighted by molar-refractivity contribution is -0.136. The predicted octanol–water partition coefficient (Wildman–Crippen LogP) is 0.550. The minimum Gasteiger partial charge on any atom is -0.469 e. The van der Waals surface area contributed by atoms with Crippen LogP contribution in [0.5, 0.6) is 0 Å². The maximum Gasteiger partial charge on any atom is 0.313 e. The lowest BCUT2D eigenvalue weighted by Gasteiger charge is -1.87. The van der Waals surface area contributed by atoms with Crippen LogP contribution in [0, 0.1) is 6.42 Å². The SMILES string of the molecule is C=C[CH][13C](=O)OC. The third kappa shape index (κ3) is 3.03. The van der Waals surface area contributed by atoms with Crippen molar-refractivity contribution in [3.05, 3.63) is 19.1 Å². The fraction of sp³-hybridized carbons (Fsp3) is 0.200. The van der Waals surface area contributed by atoms with Gasteiger partial charge in [0.05, 0.1) is 13.5 Å². The average Bonchev–Trinajstić information content (AvgIpc) is 1.68. The molecule has 0 atom stereocenters. The van der Waals surface area contributed by atoms with E-state index < -0.39 is 0 Å². The second-order valence-corrected chi connectivity index (χ2v) is 0.926. The van der Waals surface area contributed by atoms with Crippen molar-refractivity contribution in [3.63, 3.8) is 0 Å². The first-order valence-electron chi connectivity index (χ1n) is 1.85. The second-order valence-electron chi connectivity index (χ2n) is 0.926. The molecule has 2 heteroatoms. The third-order valence-electron chi connectivity index (χ3n) is 0.455. The fourth-order valence-corrected chi connectivity index (χ4v) is 0.164. The summed E-state index contributed by atoms with van der Waals surface area (Å²) in [6, 6.07) is 0. The van der Waals surface area contributed by atoms with Gasteiger partial charge in [-0.15, -0.1) is 6.58 Å². The molecule has 0 N–H and O–H groups in total. The van der Waals surface area contributed by atoms with Crippen LogP contribution in [0.25, 0.3) is 0 Å². The molecule has 1 radical (unpaired) electrons. The lowest BCUT2D eigenvalue weighted by atomic mass is 10.6. The first-order chi connectivity index (χ1) is 3.31. The van der Waals surface area contributed by atoms with Crippen LogP contribution in [0.2, 0.25) is 0 Å². The molecule has 0 aliphatic heterocycles. The standard InChI is InChI=1S/C5H7O2/c1-3-4-5(6)7-2/h3-4H,1H2,2H3/i5+1. The van der Waals surface area contributed by atoms with Crippen LogP contribution in [0.1, 0.15) is 0 Å². The highest BCUT2D eigenvalue weighted by Gasteiger charge is 1.91. The highest BCUT2D eigenvalue weighted by molar-refractivity contribution is 5.80. The summed E-state index contributed by atoms with van der Waals surface area (Å²) < 4.78 is 4.22. The van der Waals surface area contributed by atoms with Crippen molar-refractivity contribution in [2.24, 2.45) is 0 Å². The molecule has 0 saturated carbocycles. The van der Waals surface area contributed by atoms with E-state index >= 15 is 0 Å². The van der Waals surface area contributed by atoms with Gasteiger partial charge in [-0.1, -0.05) is 6.08 Å². The Morgan fingerprint density at radius 3 is 2.57 bits per heavy atom. The van der Waals surface area contributed by atoms with E-state index in [-0.39, 0.29) is 5.97 Å². The number of hydrogen-bond donors (Lipinski definition) is 0. The van der Waals surface area contributed by atoms with Crippen molar-refractivity contribution in [2.75, 3.05) is 7.11 Å². The van der Waals surface area contributed by atoms with Crippen LogP contribution in [-0.2, 0) is 9.53 Å². The lowest BCUT2D eigenvalue weighted by Crippen LogP contribution is -1.96. The molecule has 0 aromatic carbocycles. The predicted molar refractivity (Wildman–Crippen MR) is 26.5 cm³/mol. The zero-order chi connectivity index (χ0) is 5.70. The van der Waals surface area contributed by atoms with Gasteiger partial charge in [0, 0.05) is 0 Å². The highest BCUT2D eigenvalue weighted by atomic mass is 16.6. The molecular weight excluding hydrogens is 93.0 g/mol. The van der Waals surface area contributed by atoms with E-state index in [1.54, 1.807) is 0 Å². The van der Waals surface area contributed by atoms with Gasteiger partial charge in [0.15, 0.2) is 0 Å². The van der Waals surface area contributed by atoms with Crippen molar-refractivity contribution >= 4 is 5.97 Å².